The predicted molar refractivity (Wildman–Crippen MR) is 105 cm³/mol. The minimum atomic E-state index is -4.78. The van der Waals surface area contributed by atoms with Gasteiger partial charge < -0.3 is 30.5 Å². The molecule has 3 rings (SSSR count). The number of nitrogens with two attached hydrogens (primary N) is 1. The highest BCUT2D eigenvalue weighted by molar-refractivity contribution is 7.46. The summed E-state index contributed by atoms with van der Waals surface area (Å²) in [7, 11) is -4.78. The third-order valence-corrected chi connectivity index (χ3v) is 4.99. The monoisotopic (exact) mass is 452 g/mol. The fourth-order valence-electron chi connectivity index (χ4n) is 3.01. The van der Waals surface area contributed by atoms with Crippen molar-refractivity contribution in [1.82, 2.24) is 19.5 Å². The number of ether oxygens (including phenoxy) is 1. The first-order valence-corrected chi connectivity index (χ1v) is 10.8. The minimum absolute atomic E-state index is 0.0620. The molecular weight excluding hydrogens is 431 g/mol. The van der Waals surface area contributed by atoms with Crippen molar-refractivity contribution >= 4 is 24.8 Å². The summed E-state index contributed by atoms with van der Waals surface area (Å²) in [5.74, 6) is 5.89. The average molecular weight is 452 g/mol. The van der Waals surface area contributed by atoms with Crippen LogP contribution >= 0.6 is 7.82 Å². The van der Waals surface area contributed by atoms with Crippen LogP contribution in [-0.4, -0.2) is 64.4 Å². The van der Waals surface area contributed by atoms with E-state index in [1.165, 1.54) is 10.9 Å². The van der Waals surface area contributed by atoms with Crippen LogP contribution in [0.2, 0.25) is 0 Å². The van der Waals surface area contributed by atoms with Crippen molar-refractivity contribution in [2.24, 2.45) is 0 Å². The van der Waals surface area contributed by atoms with Gasteiger partial charge in [-0.25, -0.2) is 19.5 Å². The molecule has 3 heterocycles. The molecule has 1 aliphatic rings. The predicted octanol–water partition coefficient (Wildman–Crippen LogP) is -0.428. The number of unbranched alkanes of at least 4 members (excludes halogenated alkanes) is 3. The van der Waals surface area contributed by atoms with Gasteiger partial charge in [-0.2, -0.15) is 5.26 Å². The van der Waals surface area contributed by atoms with E-state index in [9.17, 15) is 14.8 Å². The SMILES string of the molecule is N#CCCCCC#Cc1nc(N)c2ncn([C@@H]3O[C@H](COP(=O)(O)O)[C@@H](O)[C@H]3O)c2n1. The summed E-state index contributed by atoms with van der Waals surface area (Å²) < 4.78 is 22.1. The van der Waals surface area contributed by atoms with Crippen LogP contribution in [0.15, 0.2) is 6.33 Å². The summed E-state index contributed by atoms with van der Waals surface area (Å²) in [5.41, 5.74) is 6.37. The molecule has 166 valence electrons. The number of aromatic nitrogens is 4. The quantitative estimate of drug-likeness (QED) is 0.206. The molecule has 0 radical (unpaired) electrons. The number of rotatable bonds is 7. The lowest BCUT2D eigenvalue weighted by molar-refractivity contribution is -0.0504. The summed E-state index contributed by atoms with van der Waals surface area (Å²) in [6, 6.07) is 2.06. The number of anilines is 1. The molecule has 0 bridgehead atoms. The van der Waals surface area contributed by atoms with Gasteiger partial charge in [0.2, 0.25) is 5.82 Å². The number of nitrogens with zero attached hydrogens (tertiary/aromatic N) is 5. The van der Waals surface area contributed by atoms with Crippen LogP contribution in [-0.2, 0) is 13.8 Å². The van der Waals surface area contributed by atoms with Gasteiger partial charge in [-0.3, -0.25) is 9.09 Å². The Kier molecular flexibility index (Phi) is 7.20. The molecule has 6 N–H and O–H groups in total. The first-order valence-electron chi connectivity index (χ1n) is 9.29. The topological polar surface area (TPSA) is 210 Å². The molecule has 0 saturated carbocycles. The van der Waals surface area contributed by atoms with Gasteiger partial charge in [0.25, 0.3) is 0 Å². The lowest BCUT2D eigenvalue weighted by Crippen LogP contribution is -2.33. The molecule has 4 atom stereocenters. The third-order valence-electron chi connectivity index (χ3n) is 4.51. The van der Waals surface area contributed by atoms with Crippen molar-refractivity contribution in [2.45, 2.75) is 50.2 Å². The smallest absolute Gasteiger partial charge is 0.387 e. The molecule has 0 spiro atoms. The summed E-state index contributed by atoms with van der Waals surface area (Å²) in [6.45, 7) is -0.634. The lowest BCUT2D eigenvalue weighted by Gasteiger charge is -2.16. The maximum Gasteiger partial charge on any atom is 0.469 e. The number of phosphoric ester groups is 1. The number of hydrogen-bond donors (Lipinski definition) is 5. The van der Waals surface area contributed by atoms with Gasteiger partial charge in [0.05, 0.1) is 19.0 Å². The van der Waals surface area contributed by atoms with Crippen LogP contribution in [0.3, 0.4) is 0 Å². The van der Waals surface area contributed by atoms with Gasteiger partial charge in [-0.05, 0) is 18.8 Å². The van der Waals surface area contributed by atoms with E-state index in [1.54, 1.807) is 0 Å². The number of fused-ring (bicyclic) bond motifs is 1. The van der Waals surface area contributed by atoms with Gasteiger partial charge in [0.15, 0.2) is 17.7 Å². The van der Waals surface area contributed by atoms with E-state index < -0.39 is 39.0 Å². The van der Waals surface area contributed by atoms with Crippen molar-refractivity contribution in [2.75, 3.05) is 12.3 Å². The van der Waals surface area contributed by atoms with Gasteiger partial charge in [-0.15, -0.1) is 0 Å². The van der Waals surface area contributed by atoms with E-state index in [4.69, 9.17) is 25.5 Å². The minimum Gasteiger partial charge on any atom is -0.387 e. The Morgan fingerprint density at radius 1 is 1.26 bits per heavy atom. The van der Waals surface area contributed by atoms with Crippen molar-refractivity contribution in [1.29, 1.82) is 5.26 Å². The van der Waals surface area contributed by atoms with E-state index in [2.05, 4.69) is 37.4 Å². The first-order chi connectivity index (χ1) is 14.7. The van der Waals surface area contributed by atoms with E-state index in [0.29, 0.717) is 12.8 Å². The Balaban J connectivity index is 1.81. The molecule has 0 unspecified atom stereocenters. The molecule has 2 aromatic heterocycles. The molecule has 0 aliphatic carbocycles. The number of nitrogen functional groups attached to an aromatic ring is 1. The summed E-state index contributed by atoms with van der Waals surface area (Å²) in [4.78, 5) is 30.2. The van der Waals surface area contributed by atoms with Crippen molar-refractivity contribution in [3.8, 4) is 17.9 Å². The third kappa shape index (κ3) is 5.55. The molecular formula is C17H21N6O7P. The van der Waals surface area contributed by atoms with Crippen LogP contribution in [0.1, 0.15) is 37.7 Å². The number of aliphatic hydroxyl groups is 2. The van der Waals surface area contributed by atoms with Crippen molar-refractivity contribution < 1.29 is 33.8 Å². The molecule has 2 aromatic rings. The highest BCUT2D eigenvalue weighted by atomic mass is 31.2. The van der Waals surface area contributed by atoms with Crippen LogP contribution in [0, 0.1) is 23.2 Å². The largest absolute Gasteiger partial charge is 0.469 e. The molecule has 1 aliphatic heterocycles. The second kappa shape index (κ2) is 9.68. The number of nitriles is 1. The van der Waals surface area contributed by atoms with Crippen LogP contribution in [0.4, 0.5) is 5.82 Å². The number of aliphatic hydroxyl groups excluding tert-OH is 2. The van der Waals surface area contributed by atoms with Crippen LogP contribution in [0.5, 0.6) is 0 Å². The van der Waals surface area contributed by atoms with Crippen molar-refractivity contribution in [3.05, 3.63) is 12.2 Å². The summed E-state index contributed by atoms with van der Waals surface area (Å²) in [5, 5.41) is 29.1. The fourth-order valence-corrected chi connectivity index (χ4v) is 3.35. The maximum atomic E-state index is 10.9. The molecule has 31 heavy (non-hydrogen) atoms. The molecule has 1 fully saturated rings. The molecule has 13 nitrogen and oxygen atoms in total. The molecule has 14 heteroatoms. The summed E-state index contributed by atoms with van der Waals surface area (Å²) >= 11 is 0. The van der Waals surface area contributed by atoms with Gasteiger partial charge in [0, 0.05) is 12.8 Å². The van der Waals surface area contributed by atoms with Crippen molar-refractivity contribution in [3.63, 3.8) is 0 Å². The lowest BCUT2D eigenvalue weighted by atomic mass is 10.1. The van der Waals surface area contributed by atoms with Gasteiger partial charge in [-0.1, -0.05) is 5.92 Å². The standard InChI is InChI=1S/C17H21N6O7P/c18-7-5-3-1-2-4-6-11-21-15(19)12-16(22-11)23(9-20-12)17-14(25)13(24)10(30-17)8-29-31(26,27)28/h9-10,13-14,17,24-25H,1-3,5,8H2,(H2,19,21,22)(H2,26,27,28)/t10-,13-,14-,17-/m1/s1. The zero-order chi connectivity index (χ0) is 22.6. The highest BCUT2D eigenvalue weighted by Gasteiger charge is 2.45. The first kappa shape index (κ1) is 23.1. The Labute approximate surface area is 176 Å². The Morgan fingerprint density at radius 3 is 2.71 bits per heavy atom. The zero-order valence-electron chi connectivity index (χ0n) is 16.2. The van der Waals surface area contributed by atoms with Crippen LogP contribution < -0.4 is 5.73 Å². The Bertz CT molecular complexity index is 1080. The number of phosphoric acid groups is 1. The maximum absolute atomic E-state index is 10.9. The van der Waals surface area contributed by atoms with E-state index in [-0.39, 0.29) is 22.8 Å². The molecule has 0 amide bonds. The zero-order valence-corrected chi connectivity index (χ0v) is 17.1. The van der Waals surface area contributed by atoms with E-state index >= 15 is 0 Å². The highest BCUT2D eigenvalue weighted by Crippen LogP contribution is 2.38. The average Bonchev–Trinajstić information content (AvgIpc) is 3.24. The second-order valence-corrected chi connectivity index (χ2v) is 8.00. The van der Waals surface area contributed by atoms with Gasteiger partial charge >= 0.3 is 7.82 Å². The van der Waals surface area contributed by atoms with E-state index in [1.807, 2.05) is 0 Å². The number of imidazole rings is 1. The van der Waals surface area contributed by atoms with Gasteiger partial charge in [0.1, 0.15) is 23.8 Å². The normalized spacial score (nSPS) is 23.5. The Morgan fingerprint density at radius 2 is 2.00 bits per heavy atom. The molecule has 0 aromatic carbocycles. The summed E-state index contributed by atoms with van der Waals surface area (Å²) in [6.07, 6.45) is -1.47. The van der Waals surface area contributed by atoms with E-state index in [0.717, 1.165) is 12.8 Å². The Hall–Kier alpha value is -2.61. The second-order valence-electron chi connectivity index (χ2n) is 6.76. The molecule has 1 saturated heterocycles. The number of hydrogen-bond acceptors (Lipinski definition) is 10. The van der Waals surface area contributed by atoms with Crippen LogP contribution in [0.25, 0.3) is 11.2 Å². The fraction of sp³-hybridized carbons (Fsp3) is 0.529.